The van der Waals surface area contributed by atoms with Gasteiger partial charge in [-0.2, -0.15) is 0 Å². The van der Waals surface area contributed by atoms with E-state index in [1.807, 2.05) is 42.5 Å². The lowest BCUT2D eigenvalue weighted by Gasteiger charge is -2.38. The molecule has 0 radical (unpaired) electrons. The number of nitrogens with zero attached hydrogens (tertiary/aromatic N) is 2. The topological polar surface area (TPSA) is 51.7 Å². The van der Waals surface area contributed by atoms with Gasteiger partial charge < -0.3 is 14.4 Å². The summed E-state index contributed by atoms with van der Waals surface area (Å²) in [6.45, 7) is 1.41. The number of ether oxygens (including phenoxy) is 2. The van der Waals surface area contributed by atoms with Crippen molar-refractivity contribution in [2.75, 3.05) is 25.1 Å². The summed E-state index contributed by atoms with van der Waals surface area (Å²) in [4.78, 5) is 18.8. The molecule has 1 aliphatic rings. The maximum Gasteiger partial charge on any atom is 0.310 e. The van der Waals surface area contributed by atoms with Crippen LogP contribution < -0.4 is 9.64 Å². The maximum atomic E-state index is 12.1. The number of para-hydroxylation sites is 1. The van der Waals surface area contributed by atoms with Crippen LogP contribution in [0.4, 0.5) is 5.13 Å². The predicted molar refractivity (Wildman–Crippen MR) is 98.4 cm³/mol. The van der Waals surface area contributed by atoms with Crippen LogP contribution in [0.25, 0.3) is 10.2 Å². The molecule has 1 fully saturated rings. The molecule has 6 heteroatoms. The fraction of sp³-hybridized carbons (Fsp3) is 0.263. The minimum atomic E-state index is -0.195. The fourth-order valence-electron chi connectivity index (χ4n) is 2.80. The number of rotatable bonds is 5. The monoisotopic (exact) mass is 354 g/mol. The molecule has 1 aliphatic heterocycles. The van der Waals surface area contributed by atoms with E-state index in [1.165, 1.54) is 4.70 Å². The quantitative estimate of drug-likeness (QED) is 0.658. The molecule has 128 valence electrons. The molecule has 0 atom stereocenters. The average molecular weight is 354 g/mol. The van der Waals surface area contributed by atoms with Gasteiger partial charge in [-0.25, -0.2) is 4.98 Å². The van der Waals surface area contributed by atoms with Crippen molar-refractivity contribution in [2.24, 2.45) is 0 Å². The van der Waals surface area contributed by atoms with Gasteiger partial charge >= 0.3 is 5.97 Å². The molecular formula is C19H18N2O3S. The molecule has 0 bridgehead atoms. The molecule has 4 rings (SSSR count). The Morgan fingerprint density at radius 1 is 1.20 bits per heavy atom. The number of esters is 1. The molecular weight excluding hydrogens is 336 g/mol. The van der Waals surface area contributed by atoms with E-state index in [9.17, 15) is 4.79 Å². The highest BCUT2D eigenvalue weighted by molar-refractivity contribution is 7.22. The van der Waals surface area contributed by atoms with Crippen LogP contribution in [0.3, 0.4) is 0 Å². The van der Waals surface area contributed by atoms with Crippen LogP contribution in [-0.4, -0.2) is 37.3 Å². The van der Waals surface area contributed by atoms with Gasteiger partial charge in [-0.3, -0.25) is 4.79 Å². The van der Waals surface area contributed by atoms with Gasteiger partial charge in [0.25, 0.3) is 0 Å². The van der Waals surface area contributed by atoms with Gasteiger partial charge in [0.2, 0.25) is 0 Å². The van der Waals surface area contributed by atoms with E-state index in [0.29, 0.717) is 13.1 Å². The Labute approximate surface area is 149 Å². The number of thiazole rings is 1. The highest BCUT2D eigenvalue weighted by atomic mass is 32.1. The number of methoxy groups -OCH3 is 1. The number of carbonyl (C=O) groups is 1. The molecule has 25 heavy (non-hydrogen) atoms. The Kier molecular flexibility index (Phi) is 4.28. The number of hydrogen-bond acceptors (Lipinski definition) is 6. The molecule has 0 spiro atoms. The third-order valence-electron chi connectivity index (χ3n) is 4.21. The third-order valence-corrected chi connectivity index (χ3v) is 5.30. The predicted octanol–water partition coefficient (Wildman–Crippen LogP) is 3.28. The molecule has 2 heterocycles. The lowest BCUT2D eigenvalue weighted by molar-refractivity contribution is -0.149. The zero-order chi connectivity index (χ0) is 17.2. The fourth-order valence-corrected chi connectivity index (χ4v) is 3.79. The van der Waals surface area contributed by atoms with Gasteiger partial charge in [-0.1, -0.05) is 35.6 Å². The van der Waals surface area contributed by atoms with Gasteiger partial charge in [0, 0.05) is 0 Å². The van der Waals surface area contributed by atoms with Crippen LogP contribution >= 0.6 is 11.3 Å². The van der Waals surface area contributed by atoms with Gasteiger partial charge in [-0.05, 0) is 29.8 Å². The molecule has 0 amide bonds. The molecule has 2 aromatic carbocycles. The van der Waals surface area contributed by atoms with E-state index in [0.717, 1.165) is 22.0 Å². The number of hydrogen-bond donors (Lipinski definition) is 0. The number of fused-ring (bicyclic) bond motifs is 1. The second-order valence-corrected chi connectivity index (χ2v) is 7.01. The van der Waals surface area contributed by atoms with E-state index < -0.39 is 0 Å². The average Bonchev–Trinajstić information content (AvgIpc) is 3.02. The van der Waals surface area contributed by atoms with Crippen LogP contribution in [0.2, 0.25) is 0 Å². The third kappa shape index (κ3) is 3.44. The molecule has 0 N–H and O–H groups in total. The number of aromatic nitrogens is 1. The Bertz CT molecular complexity index is 852. The smallest absolute Gasteiger partial charge is 0.310 e. The Balaban J connectivity index is 1.29. The number of anilines is 1. The van der Waals surface area contributed by atoms with Crippen LogP contribution in [-0.2, 0) is 16.0 Å². The standard InChI is InChI=1S/C19H18N2O3S/c1-23-14-8-6-13(7-9-14)10-18(22)24-15-11-21(12-15)19-20-16-4-2-3-5-17(16)25-19/h2-9,15H,10-12H2,1H3. The second kappa shape index (κ2) is 6.72. The second-order valence-electron chi connectivity index (χ2n) is 6.01. The van der Waals surface area contributed by atoms with E-state index in [1.54, 1.807) is 18.4 Å². The van der Waals surface area contributed by atoms with Gasteiger partial charge in [0.05, 0.1) is 36.8 Å². The number of carbonyl (C=O) groups excluding carboxylic acids is 1. The van der Waals surface area contributed by atoms with E-state index in [-0.39, 0.29) is 18.5 Å². The highest BCUT2D eigenvalue weighted by Gasteiger charge is 2.32. The van der Waals surface area contributed by atoms with Crippen molar-refractivity contribution in [2.45, 2.75) is 12.5 Å². The number of benzene rings is 2. The first kappa shape index (κ1) is 15.9. The first-order valence-corrected chi connectivity index (χ1v) is 8.96. The van der Waals surface area contributed by atoms with Crippen molar-refractivity contribution < 1.29 is 14.3 Å². The summed E-state index contributed by atoms with van der Waals surface area (Å²) in [6, 6.07) is 15.6. The van der Waals surface area contributed by atoms with Crippen molar-refractivity contribution in [1.29, 1.82) is 0 Å². The molecule has 1 saturated heterocycles. The summed E-state index contributed by atoms with van der Waals surface area (Å²) < 4.78 is 11.8. The van der Waals surface area contributed by atoms with E-state index >= 15 is 0 Å². The van der Waals surface area contributed by atoms with Gasteiger partial charge in [0.1, 0.15) is 11.9 Å². The van der Waals surface area contributed by atoms with Crippen LogP contribution in [0.5, 0.6) is 5.75 Å². The van der Waals surface area contributed by atoms with Crippen LogP contribution in [0.15, 0.2) is 48.5 Å². The van der Waals surface area contributed by atoms with Crippen molar-refractivity contribution >= 4 is 32.7 Å². The molecule has 0 unspecified atom stereocenters. The summed E-state index contributed by atoms with van der Waals surface area (Å²) in [6.07, 6.45) is 0.222. The lowest BCUT2D eigenvalue weighted by Crippen LogP contribution is -2.53. The normalized spacial score (nSPS) is 14.4. The van der Waals surface area contributed by atoms with Gasteiger partial charge in [-0.15, -0.1) is 0 Å². The Morgan fingerprint density at radius 3 is 2.68 bits per heavy atom. The Morgan fingerprint density at radius 2 is 1.96 bits per heavy atom. The summed E-state index contributed by atoms with van der Waals surface area (Å²) in [7, 11) is 1.62. The van der Waals surface area contributed by atoms with E-state index in [2.05, 4.69) is 16.0 Å². The van der Waals surface area contributed by atoms with E-state index in [4.69, 9.17) is 9.47 Å². The first-order chi connectivity index (χ1) is 12.2. The van der Waals surface area contributed by atoms with Crippen molar-refractivity contribution in [3.05, 3.63) is 54.1 Å². The minimum Gasteiger partial charge on any atom is -0.497 e. The highest BCUT2D eigenvalue weighted by Crippen LogP contribution is 2.31. The van der Waals surface area contributed by atoms with Crippen molar-refractivity contribution in [1.82, 2.24) is 4.98 Å². The Hall–Kier alpha value is -2.60. The minimum absolute atomic E-state index is 0.0576. The zero-order valence-electron chi connectivity index (χ0n) is 13.8. The molecule has 0 aliphatic carbocycles. The molecule has 0 saturated carbocycles. The van der Waals surface area contributed by atoms with Crippen molar-refractivity contribution in [3.8, 4) is 5.75 Å². The molecule has 5 nitrogen and oxygen atoms in total. The zero-order valence-corrected chi connectivity index (χ0v) is 14.7. The molecule has 1 aromatic heterocycles. The first-order valence-electron chi connectivity index (χ1n) is 8.14. The van der Waals surface area contributed by atoms with Crippen LogP contribution in [0, 0.1) is 0 Å². The summed E-state index contributed by atoms with van der Waals surface area (Å²) in [5.74, 6) is 0.585. The summed E-state index contributed by atoms with van der Waals surface area (Å²) in [5.41, 5.74) is 1.94. The molecule has 3 aromatic rings. The van der Waals surface area contributed by atoms with Crippen LogP contribution in [0.1, 0.15) is 5.56 Å². The maximum absolute atomic E-state index is 12.1. The van der Waals surface area contributed by atoms with Gasteiger partial charge in [0.15, 0.2) is 5.13 Å². The summed E-state index contributed by atoms with van der Waals surface area (Å²) in [5, 5.41) is 0.989. The van der Waals surface area contributed by atoms with Crippen molar-refractivity contribution in [3.63, 3.8) is 0 Å². The largest absolute Gasteiger partial charge is 0.497 e. The summed E-state index contributed by atoms with van der Waals surface area (Å²) >= 11 is 1.67. The lowest BCUT2D eigenvalue weighted by atomic mass is 10.1. The SMILES string of the molecule is COc1ccc(CC(=O)OC2CN(c3nc4ccccc4s3)C2)cc1.